The Labute approximate surface area is 188 Å². The number of amides is 1. The number of fused-ring (bicyclic) bond motifs is 1. The first-order chi connectivity index (χ1) is 14.8. The molecule has 1 aromatic heterocycles. The summed E-state index contributed by atoms with van der Waals surface area (Å²) >= 11 is 11.8. The molecule has 31 heavy (non-hydrogen) atoms. The molecule has 4 aromatic rings. The normalized spacial score (nSPS) is 11.4. The van der Waals surface area contributed by atoms with Crippen LogP contribution in [-0.4, -0.2) is 24.5 Å². The number of carbonyl (C=O) groups excluding carboxylic acids is 1. The Hall–Kier alpha value is -3.07. The van der Waals surface area contributed by atoms with E-state index in [-0.39, 0.29) is 27.3 Å². The highest BCUT2D eigenvalue weighted by molar-refractivity contribution is 7.92. The van der Waals surface area contributed by atoms with Gasteiger partial charge in [-0.1, -0.05) is 41.4 Å². The number of anilines is 2. The monoisotopic (exact) mass is 474 g/mol. The number of aromatic amines is 1. The van der Waals surface area contributed by atoms with E-state index in [9.17, 15) is 13.2 Å². The second-order valence-electron chi connectivity index (χ2n) is 6.71. The van der Waals surface area contributed by atoms with E-state index in [4.69, 9.17) is 23.2 Å². The Morgan fingerprint density at radius 3 is 2.45 bits per heavy atom. The van der Waals surface area contributed by atoms with E-state index in [0.29, 0.717) is 28.0 Å². The van der Waals surface area contributed by atoms with Crippen LogP contribution >= 0.6 is 23.2 Å². The molecule has 10 heteroatoms. The van der Waals surface area contributed by atoms with Crippen LogP contribution in [0.1, 0.15) is 5.69 Å². The maximum atomic E-state index is 12.7. The van der Waals surface area contributed by atoms with Crippen molar-refractivity contribution in [2.45, 2.75) is 11.3 Å². The van der Waals surface area contributed by atoms with Crippen LogP contribution in [0.3, 0.4) is 0 Å². The lowest BCUT2D eigenvalue weighted by Gasteiger charge is -2.09. The zero-order valence-electron chi connectivity index (χ0n) is 15.9. The zero-order chi connectivity index (χ0) is 22.0. The summed E-state index contributed by atoms with van der Waals surface area (Å²) in [5.41, 5.74) is 2.19. The molecule has 1 amide bonds. The lowest BCUT2D eigenvalue weighted by Crippen LogP contribution is -2.15. The quantitative estimate of drug-likeness (QED) is 0.371. The van der Waals surface area contributed by atoms with Gasteiger partial charge < -0.3 is 5.32 Å². The fourth-order valence-corrected chi connectivity index (χ4v) is 4.44. The number of hydrogen-bond acceptors (Lipinski definition) is 4. The van der Waals surface area contributed by atoms with Gasteiger partial charge >= 0.3 is 0 Å². The molecule has 3 aromatic carbocycles. The summed E-state index contributed by atoms with van der Waals surface area (Å²) in [6.07, 6.45) is 0.0500. The van der Waals surface area contributed by atoms with Crippen molar-refractivity contribution >= 4 is 61.4 Å². The third-order valence-corrected chi connectivity index (χ3v) is 6.60. The molecule has 0 spiro atoms. The van der Waals surface area contributed by atoms with Crippen LogP contribution in [0.4, 0.5) is 11.4 Å². The van der Waals surface area contributed by atoms with Crippen molar-refractivity contribution in [1.29, 1.82) is 0 Å². The minimum atomic E-state index is -3.88. The molecule has 0 bridgehead atoms. The second-order valence-corrected chi connectivity index (χ2v) is 9.20. The van der Waals surface area contributed by atoms with Crippen LogP contribution in [0.25, 0.3) is 10.9 Å². The number of halogens is 2. The van der Waals surface area contributed by atoms with Gasteiger partial charge in [0.15, 0.2) is 0 Å². The van der Waals surface area contributed by atoms with Crippen LogP contribution in [-0.2, 0) is 21.2 Å². The van der Waals surface area contributed by atoms with Crippen molar-refractivity contribution in [2.75, 3.05) is 10.0 Å². The molecule has 1 heterocycles. The molecule has 0 aliphatic carbocycles. The number of hydrogen-bond donors (Lipinski definition) is 3. The zero-order valence-corrected chi connectivity index (χ0v) is 18.2. The number of sulfonamides is 1. The van der Waals surface area contributed by atoms with Gasteiger partial charge in [-0.25, -0.2) is 8.42 Å². The molecule has 0 saturated heterocycles. The lowest BCUT2D eigenvalue weighted by atomic mass is 10.1. The molecule has 0 aliphatic rings. The van der Waals surface area contributed by atoms with Crippen LogP contribution < -0.4 is 10.0 Å². The topological polar surface area (TPSA) is 104 Å². The van der Waals surface area contributed by atoms with E-state index in [1.807, 2.05) is 18.2 Å². The standard InChI is InChI=1S/C21H16Cl2N4O3S/c22-17-8-7-15(11-18(17)23)31(29,30)27-14-6-9-19-16(10-14)20(26-25-19)12-21(28)24-13-4-2-1-3-5-13/h1-11,27H,12H2,(H,24,28)(H,25,26). The molecule has 7 nitrogen and oxygen atoms in total. The van der Waals surface area contributed by atoms with E-state index in [1.54, 1.807) is 30.3 Å². The Kier molecular flexibility index (Phi) is 5.86. The average Bonchev–Trinajstić information content (AvgIpc) is 3.12. The van der Waals surface area contributed by atoms with Crippen LogP contribution in [0.2, 0.25) is 10.0 Å². The van der Waals surface area contributed by atoms with Gasteiger partial charge in [-0.15, -0.1) is 0 Å². The molecule has 3 N–H and O–H groups in total. The Morgan fingerprint density at radius 2 is 1.71 bits per heavy atom. The SMILES string of the molecule is O=C(Cc1[nH]nc2ccc(NS(=O)(=O)c3ccc(Cl)c(Cl)c3)cc12)Nc1ccccc1. The van der Waals surface area contributed by atoms with Gasteiger partial charge in [-0.05, 0) is 48.5 Å². The van der Waals surface area contributed by atoms with Gasteiger partial charge in [0.2, 0.25) is 5.91 Å². The van der Waals surface area contributed by atoms with Gasteiger partial charge in [0, 0.05) is 16.8 Å². The highest BCUT2D eigenvalue weighted by Crippen LogP contribution is 2.27. The predicted octanol–water partition coefficient (Wildman–Crippen LogP) is 4.85. The highest BCUT2D eigenvalue weighted by Gasteiger charge is 2.17. The Balaban J connectivity index is 1.56. The number of aromatic nitrogens is 2. The summed E-state index contributed by atoms with van der Waals surface area (Å²) in [6.45, 7) is 0. The minimum Gasteiger partial charge on any atom is -0.326 e. The molecule has 0 aliphatic heterocycles. The number of rotatable bonds is 6. The molecular formula is C21H16Cl2N4O3S. The molecular weight excluding hydrogens is 459 g/mol. The number of nitrogens with one attached hydrogen (secondary N) is 3. The van der Waals surface area contributed by atoms with Crippen LogP contribution in [0.15, 0.2) is 71.6 Å². The first-order valence-corrected chi connectivity index (χ1v) is 11.4. The molecule has 0 fully saturated rings. The minimum absolute atomic E-state index is 0.0170. The van der Waals surface area contributed by atoms with Crippen LogP contribution in [0.5, 0.6) is 0 Å². The first-order valence-electron chi connectivity index (χ1n) is 9.11. The number of carbonyl (C=O) groups is 1. The highest BCUT2D eigenvalue weighted by atomic mass is 35.5. The summed E-state index contributed by atoms with van der Waals surface area (Å²) in [7, 11) is -3.88. The third-order valence-electron chi connectivity index (χ3n) is 4.48. The largest absolute Gasteiger partial charge is 0.326 e. The summed E-state index contributed by atoms with van der Waals surface area (Å²) < 4.78 is 27.9. The summed E-state index contributed by atoms with van der Waals surface area (Å²) in [5.74, 6) is -0.224. The Morgan fingerprint density at radius 1 is 0.935 bits per heavy atom. The predicted molar refractivity (Wildman–Crippen MR) is 122 cm³/mol. The van der Waals surface area contributed by atoms with E-state index < -0.39 is 10.0 Å². The van der Waals surface area contributed by atoms with Crippen molar-refractivity contribution < 1.29 is 13.2 Å². The molecule has 0 unspecified atom stereocenters. The molecule has 0 atom stereocenters. The van der Waals surface area contributed by atoms with Gasteiger partial charge in [0.1, 0.15) is 0 Å². The van der Waals surface area contributed by atoms with Crippen LogP contribution in [0, 0.1) is 0 Å². The first kappa shape index (κ1) is 21.2. The van der Waals surface area contributed by atoms with Crippen molar-refractivity contribution in [2.24, 2.45) is 0 Å². The second kappa shape index (κ2) is 8.58. The third kappa shape index (κ3) is 4.82. The van der Waals surface area contributed by atoms with E-state index >= 15 is 0 Å². The number of para-hydroxylation sites is 1. The van der Waals surface area contributed by atoms with Gasteiger partial charge in [-0.3, -0.25) is 14.6 Å². The van der Waals surface area contributed by atoms with Crippen molar-refractivity contribution in [3.63, 3.8) is 0 Å². The van der Waals surface area contributed by atoms with Gasteiger partial charge in [-0.2, -0.15) is 5.10 Å². The smallest absolute Gasteiger partial charge is 0.261 e. The fraction of sp³-hybridized carbons (Fsp3) is 0.0476. The number of H-pyrrole nitrogens is 1. The van der Waals surface area contributed by atoms with E-state index in [1.165, 1.54) is 18.2 Å². The van der Waals surface area contributed by atoms with E-state index in [2.05, 4.69) is 20.2 Å². The average molecular weight is 475 g/mol. The molecule has 0 saturated carbocycles. The summed E-state index contributed by atoms with van der Waals surface area (Å²) in [4.78, 5) is 12.4. The lowest BCUT2D eigenvalue weighted by molar-refractivity contribution is -0.115. The van der Waals surface area contributed by atoms with Gasteiger partial charge in [0.25, 0.3) is 10.0 Å². The summed E-state index contributed by atoms with van der Waals surface area (Å²) in [5, 5.41) is 10.9. The maximum absolute atomic E-state index is 12.7. The number of benzene rings is 3. The number of nitrogens with zero attached hydrogens (tertiary/aromatic N) is 1. The van der Waals surface area contributed by atoms with Gasteiger partial charge in [0.05, 0.1) is 32.6 Å². The molecule has 4 rings (SSSR count). The van der Waals surface area contributed by atoms with E-state index in [0.717, 1.165) is 0 Å². The molecule has 158 valence electrons. The van der Waals surface area contributed by atoms with Crippen molar-refractivity contribution in [3.8, 4) is 0 Å². The fourth-order valence-electron chi connectivity index (χ4n) is 3.01. The summed E-state index contributed by atoms with van der Waals surface area (Å²) in [6, 6.07) is 18.0. The maximum Gasteiger partial charge on any atom is 0.261 e. The van der Waals surface area contributed by atoms with Crippen molar-refractivity contribution in [1.82, 2.24) is 10.2 Å². The molecule has 0 radical (unpaired) electrons. The Bertz CT molecular complexity index is 1370. The van der Waals surface area contributed by atoms with Crippen molar-refractivity contribution in [3.05, 3.63) is 82.5 Å².